The average Bonchev–Trinajstić information content (AvgIpc) is 2.75. The van der Waals surface area contributed by atoms with E-state index in [2.05, 4.69) is 4.72 Å². The number of anilines is 1. The number of benzene rings is 1. The van der Waals surface area contributed by atoms with Crippen LogP contribution in [0, 0.1) is 12.7 Å². The van der Waals surface area contributed by atoms with E-state index in [1.54, 1.807) is 6.92 Å². The van der Waals surface area contributed by atoms with Crippen LogP contribution in [0.25, 0.3) is 0 Å². The molecular formula is C12H11ClFNO3S2. The van der Waals surface area contributed by atoms with E-state index in [0.29, 0.717) is 10.4 Å². The zero-order valence-electron chi connectivity index (χ0n) is 10.4. The third-order valence-corrected chi connectivity index (χ3v) is 5.96. The molecule has 0 spiro atoms. The van der Waals surface area contributed by atoms with Crippen LogP contribution in [0.1, 0.15) is 10.4 Å². The van der Waals surface area contributed by atoms with Crippen LogP contribution in [0.3, 0.4) is 0 Å². The summed E-state index contributed by atoms with van der Waals surface area (Å²) in [5, 5.41) is 9.07. The Hall–Kier alpha value is -1.15. The summed E-state index contributed by atoms with van der Waals surface area (Å²) in [5.74, 6) is -0.549. The minimum atomic E-state index is -3.81. The van der Waals surface area contributed by atoms with Crippen LogP contribution < -0.4 is 4.72 Å². The lowest BCUT2D eigenvalue weighted by Crippen LogP contribution is -2.11. The van der Waals surface area contributed by atoms with Gasteiger partial charge in [-0.1, -0.05) is 11.6 Å². The lowest BCUT2D eigenvalue weighted by molar-refractivity contribution is 0.285. The van der Waals surface area contributed by atoms with E-state index in [0.717, 1.165) is 23.5 Å². The standard InChI is InChI=1S/C12H11ClFNO3S2/c1-7-4-12(19-11(7)6-16)20(17,18)15-10-3-2-8(14)5-9(10)13/h2-5,15-16H,6H2,1H3. The molecule has 0 saturated heterocycles. The number of aliphatic hydroxyl groups excluding tert-OH is 1. The predicted molar refractivity (Wildman–Crippen MR) is 77.2 cm³/mol. The van der Waals surface area contributed by atoms with Gasteiger partial charge in [-0.15, -0.1) is 11.3 Å². The molecule has 0 aliphatic heterocycles. The van der Waals surface area contributed by atoms with Gasteiger partial charge in [-0.05, 0) is 36.8 Å². The molecule has 20 heavy (non-hydrogen) atoms. The molecule has 0 radical (unpaired) electrons. The Morgan fingerprint density at radius 1 is 1.40 bits per heavy atom. The van der Waals surface area contributed by atoms with Gasteiger partial charge < -0.3 is 5.11 Å². The summed E-state index contributed by atoms with van der Waals surface area (Å²) in [6.45, 7) is 1.50. The number of halogens is 2. The molecule has 1 aromatic carbocycles. The molecule has 1 heterocycles. The summed E-state index contributed by atoms with van der Waals surface area (Å²) in [6, 6.07) is 4.86. The van der Waals surface area contributed by atoms with E-state index in [9.17, 15) is 12.8 Å². The Kier molecular flexibility index (Phi) is 4.33. The number of hydrogen-bond donors (Lipinski definition) is 2. The predicted octanol–water partition coefficient (Wildman–Crippen LogP) is 3.14. The number of rotatable bonds is 4. The summed E-state index contributed by atoms with van der Waals surface area (Å²) in [4.78, 5) is 0.579. The largest absolute Gasteiger partial charge is 0.391 e. The van der Waals surface area contributed by atoms with Crippen LogP contribution in [0.4, 0.5) is 10.1 Å². The fourth-order valence-corrected chi connectivity index (χ4v) is 4.34. The lowest BCUT2D eigenvalue weighted by atomic mass is 10.3. The zero-order chi connectivity index (χ0) is 14.9. The van der Waals surface area contributed by atoms with E-state index in [-0.39, 0.29) is 21.5 Å². The number of aryl methyl sites for hydroxylation is 1. The molecule has 0 aliphatic carbocycles. The smallest absolute Gasteiger partial charge is 0.271 e. The highest BCUT2D eigenvalue weighted by atomic mass is 35.5. The first-order chi connectivity index (χ1) is 9.33. The van der Waals surface area contributed by atoms with Crippen molar-refractivity contribution < 1.29 is 17.9 Å². The second-order valence-electron chi connectivity index (χ2n) is 4.06. The Bertz CT molecular complexity index is 743. The summed E-state index contributed by atoms with van der Waals surface area (Å²) >= 11 is 6.76. The molecule has 108 valence electrons. The summed E-state index contributed by atoms with van der Waals surface area (Å²) in [6.07, 6.45) is 0. The highest BCUT2D eigenvalue weighted by Crippen LogP contribution is 2.30. The lowest BCUT2D eigenvalue weighted by Gasteiger charge is -2.07. The molecule has 0 fully saturated rings. The maximum Gasteiger partial charge on any atom is 0.271 e. The van der Waals surface area contributed by atoms with Gasteiger partial charge >= 0.3 is 0 Å². The van der Waals surface area contributed by atoms with Gasteiger partial charge in [0.2, 0.25) is 0 Å². The van der Waals surface area contributed by atoms with Crippen molar-refractivity contribution in [1.29, 1.82) is 0 Å². The first kappa shape index (κ1) is 15.2. The molecule has 0 atom stereocenters. The molecule has 8 heteroatoms. The molecule has 2 N–H and O–H groups in total. The molecule has 4 nitrogen and oxygen atoms in total. The molecule has 1 aromatic heterocycles. The van der Waals surface area contributed by atoms with Crippen LogP contribution in [0.5, 0.6) is 0 Å². The van der Waals surface area contributed by atoms with E-state index in [4.69, 9.17) is 16.7 Å². The average molecular weight is 336 g/mol. The van der Waals surface area contributed by atoms with E-state index >= 15 is 0 Å². The normalized spacial score (nSPS) is 11.6. The molecule has 0 unspecified atom stereocenters. The van der Waals surface area contributed by atoms with Crippen molar-refractivity contribution >= 4 is 38.6 Å². The van der Waals surface area contributed by atoms with Gasteiger partial charge in [0.25, 0.3) is 10.0 Å². The Morgan fingerprint density at radius 3 is 2.65 bits per heavy atom. The number of hydrogen-bond acceptors (Lipinski definition) is 4. The third-order valence-electron chi connectivity index (χ3n) is 2.58. The van der Waals surface area contributed by atoms with Crippen LogP contribution in [0.2, 0.25) is 5.02 Å². The highest BCUT2D eigenvalue weighted by Gasteiger charge is 2.20. The minimum absolute atomic E-state index is 0.0239. The Morgan fingerprint density at radius 2 is 2.10 bits per heavy atom. The van der Waals surface area contributed by atoms with Crippen molar-refractivity contribution in [2.24, 2.45) is 0 Å². The van der Waals surface area contributed by atoms with Gasteiger partial charge in [0.1, 0.15) is 10.0 Å². The van der Waals surface area contributed by atoms with E-state index in [1.165, 1.54) is 12.1 Å². The van der Waals surface area contributed by atoms with Crippen molar-refractivity contribution in [3.8, 4) is 0 Å². The second-order valence-corrected chi connectivity index (χ2v) is 7.51. The Labute approximate surface area is 124 Å². The monoisotopic (exact) mass is 335 g/mol. The Balaban J connectivity index is 2.35. The fraction of sp³-hybridized carbons (Fsp3) is 0.167. The van der Waals surface area contributed by atoms with E-state index < -0.39 is 15.8 Å². The van der Waals surface area contributed by atoms with Crippen LogP contribution in [-0.4, -0.2) is 13.5 Å². The third kappa shape index (κ3) is 3.12. The van der Waals surface area contributed by atoms with Gasteiger partial charge in [0.15, 0.2) is 0 Å². The van der Waals surface area contributed by atoms with Gasteiger partial charge in [-0.25, -0.2) is 12.8 Å². The fourth-order valence-electron chi connectivity index (χ4n) is 1.55. The molecule has 2 rings (SSSR count). The van der Waals surface area contributed by atoms with E-state index in [1.807, 2.05) is 0 Å². The number of nitrogens with one attached hydrogen (secondary N) is 1. The first-order valence-electron chi connectivity index (χ1n) is 5.51. The summed E-state index contributed by atoms with van der Waals surface area (Å²) in [7, 11) is -3.81. The van der Waals surface area contributed by atoms with Crippen LogP contribution in [0.15, 0.2) is 28.5 Å². The number of aliphatic hydroxyl groups is 1. The van der Waals surface area contributed by atoms with Gasteiger partial charge in [0.05, 0.1) is 17.3 Å². The number of thiophene rings is 1. The second kappa shape index (κ2) is 5.69. The van der Waals surface area contributed by atoms with Crippen molar-refractivity contribution in [1.82, 2.24) is 0 Å². The van der Waals surface area contributed by atoms with Gasteiger partial charge in [-0.3, -0.25) is 4.72 Å². The summed E-state index contributed by atoms with van der Waals surface area (Å²) < 4.78 is 39.7. The van der Waals surface area contributed by atoms with Crippen molar-refractivity contribution in [2.45, 2.75) is 17.7 Å². The molecule has 2 aromatic rings. The molecule has 0 aliphatic rings. The van der Waals surface area contributed by atoms with Crippen LogP contribution >= 0.6 is 22.9 Å². The summed E-state index contributed by atoms with van der Waals surface area (Å²) in [5.41, 5.74) is 0.799. The molecule has 0 saturated carbocycles. The van der Waals surface area contributed by atoms with Crippen molar-refractivity contribution in [3.05, 3.63) is 45.5 Å². The minimum Gasteiger partial charge on any atom is -0.391 e. The van der Waals surface area contributed by atoms with Gasteiger partial charge in [-0.2, -0.15) is 0 Å². The maximum atomic E-state index is 12.9. The topological polar surface area (TPSA) is 66.4 Å². The van der Waals surface area contributed by atoms with Crippen molar-refractivity contribution in [2.75, 3.05) is 4.72 Å². The molecular weight excluding hydrogens is 325 g/mol. The molecule has 0 amide bonds. The zero-order valence-corrected chi connectivity index (χ0v) is 12.7. The number of sulfonamides is 1. The highest BCUT2D eigenvalue weighted by molar-refractivity contribution is 7.94. The van der Waals surface area contributed by atoms with Gasteiger partial charge in [0, 0.05) is 4.88 Å². The quantitative estimate of drug-likeness (QED) is 0.902. The maximum absolute atomic E-state index is 12.9. The molecule has 0 bridgehead atoms. The van der Waals surface area contributed by atoms with Crippen LogP contribution in [-0.2, 0) is 16.6 Å². The SMILES string of the molecule is Cc1cc(S(=O)(=O)Nc2ccc(F)cc2Cl)sc1CO. The van der Waals surface area contributed by atoms with Crippen molar-refractivity contribution in [3.63, 3.8) is 0 Å². The first-order valence-corrected chi connectivity index (χ1v) is 8.19.